The molecule has 0 aromatic heterocycles. The van der Waals surface area contributed by atoms with Crippen molar-refractivity contribution in [1.82, 2.24) is 0 Å². The largest absolute Gasteiger partial charge is 0.416 e. The summed E-state index contributed by atoms with van der Waals surface area (Å²) in [5.74, 6) is 1.45. The van der Waals surface area contributed by atoms with Gasteiger partial charge < -0.3 is 0 Å². The van der Waals surface area contributed by atoms with Crippen molar-refractivity contribution in [2.75, 3.05) is 0 Å². The summed E-state index contributed by atoms with van der Waals surface area (Å²) in [6, 6.07) is 5.09. The number of hydrogen-bond donors (Lipinski definition) is 0. The minimum Gasteiger partial charge on any atom is -0.166 e. The van der Waals surface area contributed by atoms with Crippen LogP contribution in [0.15, 0.2) is 36.8 Å². The predicted octanol–water partition coefficient (Wildman–Crippen LogP) is 2.18. The molecule has 1 radical (unpaired) electrons. The first-order chi connectivity index (χ1) is 6.04. The minimum absolute atomic E-state index is 0.504. The van der Waals surface area contributed by atoms with Crippen LogP contribution in [0.25, 0.3) is 0 Å². The molecule has 0 amide bonds. The second kappa shape index (κ2) is 3.68. The van der Waals surface area contributed by atoms with E-state index in [1.54, 1.807) is 6.07 Å². The van der Waals surface area contributed by atoms with Crippen molar-refractivity contribution in [3.63, 3.8) is 0 Å². The van der Waals surface area contributed by atoms with Crippen molar-refractivity contribution < 1.29 is 13.2 Å². The molecule has 0 heterocycles. The first-order valence-electron chi connectivity index (χ1n) is 3.67. The Morgan fingerprint density at radius 1 is 1.31 bits per heavy atom. The highest BCUT2D eigenvalue weighted by molar-refractivity contribution is 6.58. The molecule has 0 atom stereocenters. The summed E-state index contributed by atoms with van der Waals surface area (Å²) in [4.78, 5) is 0. The van der Waals surface area contributed by atoms with Crippen LogP contribution in [-0.4, -0.2) is 7.28 Å². The molecule has 67 valence electrons. The highest BCUT2D eigenvalue weighted by Gasteiger charge is 2.30. The van der Waals surface area contributed by atoms with Crippen LogP contribution in [0.4, 0.5) is 13.2 Å². The van der Waals surface area contributed by atoms with E-state index in [-0.39, 0.29) is 0 Å². The quantitative estimate of drug-likeness (QED) is 0.616. The van der Waals surface area contributed by atoms with Gasteiger partial charge in [0.2, 0.25) is 0 Å². The average Bonchev–Trinajstić information content (AvgIpc) is 2.04. The first kappa shape index (κ1) is 9.90. The highest BCUT2D eigenvalue weighted by atomic mass is 19.4. The molecule has 1 rings (SSSR count). The van der Waals surface area contributed by atoms with Crippen LogP contribution >= 0.6 is 0 Å². The Labute approximate surface area is 75.3 Å². The molecule has 0 saturated heterocycles. The topological polar surface area (TPSA) is 0 Å². The maximum absolute atomic E-state index is 12.2. The van der Waals surface area contributed by atoms with Gasteiger partial charge in [-0.25, -0.2) is 0 Å². The molecule has 13 heavy (non-hydrogen) atoms. The Hall–Kier alpha value is -1.19. The summed E-state index contributed by atoms with van der Waals surface area (Å²) in [7, 11) is 1.52. The van der Waals surface area contributed by atoms with Gasteiger partial charge in [0, 0.05) is 0 Å². The van der Waals surface area contributed by atoms with Crippen LogP contribution < -0.4 is 5.46 Å². The van der Waals surface area contributed by atoms with E-state index in [0.717, 1.165) is 12.1 Å². The van der Waals surface area contributed by atoms with Crippen LogP contribution in [0.2, 0.25) is 0 Å². The molecule has 1 aromatic carbocycles. The molecule has 0 spiro atoms. The average molecular weight is 183 g/mol. The van der Waals surface area contributed by atoms with Crippen molar-refractivity contribution >= 4 is 12.7 Å². The van der Waals surface area contributed by atoms with E-state index in [1.165, 1.54) is 19.3 Å². The molecule has 0 aliphatic rings. The van der Waals surface area contributed by atoms with Crippen LogP contribution in [-0.2, 0) is 6.18 Å². The normalized spacial score (nSPS) is 11.0. The van der Waals surface area contributed by atoms with E-state index in [2.05, 4.69) is 6.58 Å². The van der Waals surface area contributed by atoms with E-state index < -0.39 is 11.7 Å². The van der Waals surface area contributed by atoms with Gasteiger partial charge in [0.15, 0.2) is 7.28 Å². The van der Waals surface area contributed by atoms with E-state index in [1.807, 2.05) is 0 Å². The van der Waals surface area contributed by atoms with Crippen LogP contribution in [0.1, 0.15) is 5.56 Å². The molecule has 1 aromatic rings. The summed E-state index contributed by atoms with van der Waals surface area (Å²) >= 11 is 0. The zero-order valence-electron chi connectivity index (χ0n) is 6.81. The monoisotopic (exact) mass is 183 g/mol. The van der Waals surface area contributed by atoms with Gasteiger partial charge in [0.05, 0.1) is 5.56 Å². The van der Waals surface area contributed by atoms with E-state index in [0.29, 0.717) is 5.46 Å². The lowest BCUT2D eigenvalue weighted by molar-refractivity contribution is -0.137. The molecule has 0 N–H and O–H groups in total. The Balaban J connectivity index is 2.98. The zero-order chi connectivity index (χ0) is 9.90. The van der Waals surface area contributed by atoms with Gasteiger partial charge in [-0.2, -0.15) is 13.2 Å². The Morgan fingerprint density at radius 3 is 2.54 bits per heavy atom. The predicted molar refractivity (Wildman–Crippen MR) is 47.0 cm³/mol. The van der Waals surface area contributed by atoms with Crippen molar-refractivity contribution in [1.29, 1.82) is 0 Å². The molecule has 0 fully saturated rings. The first-order valence-corrected chi connectivity index (χ1v) is 3.67. The van der Waals surface area contributed by atoms with Gasteiger partial charge in [0.1, 0.15) is 0 Å². The van der Waals surface area contributed by atoms with Crippen LogP contribution in [0.3, 0.4) is 0 Å². The zero-order valence-corrected chi connectivity index (χ0v) is 6.81. The molecule has 0 unspecified atom stereocenters. The molecule has 0 aliphatic carbocycles. The third kappa shape index (κ3) is 2.65. The fourth-order valence-electron chi connectivity index (χ4n) is 0.955. The molecule has 0 bridgehead atoms. The maximum Gasteiger partial charge on any atom is 0.416 e. The Morgan fingerprint density at radius 2 is 2.00 bits per heavy atom. The van der Waals surface area contributed by atoms with Gasteiger partial charge in [-0.15, -0.1) is 12.6 Å². The van der Waals surface area contributed by atoms with Crippen molar-refractivity contribution in [3.8, 4) is 0 Å². The summed E-state index contributed by atoms with van der Waals surface area (Å²) in [5.41, 5.74) is -0.132. The Kier molecular flexibility index (Phi) is 2.81. The van der Waals surface area contributed by atoms with Crippen molar-refractivity contribution in [2.45, 2.75) is 6.18 Å². The number of hydrogen-bond acceptors (Lipinski definition) is 0. The lowest BCUT2D eigenvalue weighted by Gasteiger charge is -2.07. The molecular formula is C9H7BF3. The fraction of sp³-hybridized carbons (Fsp3) is 0.111. The third-order valence-corrected chi connectivity index (χ3v) is 1.52. The molecule has 0 aliphatic heterocycles. The molecule has 0 nitrogen and oxygen atoms in total. The number of rotatable bonds is 2. The maximum atomic E-state index is 12.2. The molecule has 4 heteroatoms. The van der Waals surface area contributed by atoms with Gasteiger partial charge in [-0.1, -0.05) is 29.7 Å². The number of benzene rings is 1. The van der Waals surface area contributed by atoms with E-state index >= 15 is 0 Å². The van der Waals surface area contributed by atoms with Crippen LogP contribution in [0, 0.1) is 0 Å². The molecular weight excluding hydrogens is 176 g/mol. The van der Waals surface area contributed by atoms with Crippen LogP contribution in [0.5, 0.6) is 0 Å². The van der Waals surface area contributed by atoms with E-state index in [4.69, 9.17) is 0 Å². The molecule has 0 saturated carbocycles. The second-order valence-corrected chi connectivity index (χ2v) is 2.53. The summed E-state index contributed by atoms with van der Waals surface area (Å²) in [6.07, 6.45) is -4.27. The number of halogens is 3. The smallest absolute Gasteiger partial charge is 0.166 e. The van der Waals surface area contributed by atoms with Gasteiger partial charge in [0.25, 0.3) is 0 Å². The minimum atomic E-state index is -4.27. The van der Waals surface area contributed by atoms with E-state index in [9.17, 15) is 13.2 Å². The highest BCUT2D eigenvalue weighted by Crippen LogP contribution is 2.27. The number of alkyl halides is 3. The lowest BCUT2D eigenvalue weighted by Crippen LogP contribution is -2.15. The fourth-order valence-corrected chi connectivity index (χ4v) is 0.955. The SMILES string of the molecule is C=C[B]c1cccc(C(F)(F)F)c1. The lowest BCUT2D eigenvalue weighted by atomic mass is 9.70. The van der Waals surface area contributed by atoms with Crippen molar-refractivity contribution in [2.24, 2.45) is 0 Å². The summed E-state index contributed by atoms with van der Waals surface area (Å²) in [6.45, 7) is 3.41. The van der Waals surface area contributed by atoms with Gasteiger partial charge in [-0.05, 0) is 0 Å². The third-order valence-electron chi connectivity index (χ3n) is 1.52. The standard InChI is InChI=1S/C9H7BF3/c1-2-10-8-5-3-4-7(6-8)9(11,12)13/h2-6H,1H2. The Bertz CT molecular complexity index is 304. The summed E-state index contributed by atoms with van der Waals surface area (Å²) < 4.78 is 36.5. The summed E-state index contributed by atoms with van der Waals surface area (Å²) in [5, 5.41) is 0. The second-order valence-electron chi connectivity index (χ2n) is 2.53. The van der Waals surface area contributed by atoms with Gasteiger partial charge >= 0.3 is 6.18 Å². The van der Waals surface area contributed by atoms with Crippen molar-refractivity contribution in [3.05, 3.63) is 42.4 Å². The van der Waals surface area contributed by atoms with Gasteiger partial charge in [-0.3, -0.25) is 0 Å².